The molecule has 0 N–H and O–H groups in total. The van der Waals surface area contributed by atoms with Gasteiger partial charge in [0.05, 0.1) is 28.7 Å². The van der Waals surface area contributed by atoms with Gasteiger partial charge in [-0.2, -0.15) is 31.9 Å². The molecule has 0 atom stereocenters. The lowest BCUT2D eigenvalue weighted by Gasteiger charge is -2.10. The van der Waals surface area contributed by atoms with Crippen LogP contribution in [0.15, 0.2) is 42.6 Å². The molecule has 0 aliphatic heterocycles. The zero-order valence-electron chi connectivity index (χ0n) is 12.5. The largest absolute Gasteiger partial charge is 0.518 e. The predicted molar refractivity (Wildman–Crippen MR) is 81.3 cm³/mol. The number of nitrogens with zero attached hydrogens (tertiary/aromatic N) is 3. The van der Waals surface area contributed by atoms with Gasteiger partial charge in [0.1, 0.15) is 17.3 Å². The highest BCUT2D eigenvalue weighted by atomic mass is 32.2. The molecule has 11 heteroatoms. The zero-order valence-corrected chi connectivity index (χ0v) is 13.3. The third-order valence-electron chi connectivity index (χ3n) is 3.29. The molecule has 3 rings (SSSR count). The molecule has 0 bridgehead atoms. The first kappa shape index (κ1) is 17.7. The standard InChI is InChI=1S/C15H7F4N3O3S/c16-10-4-9(7-20)5-11(6-10)25-14-3-1-2-13-12(14)8-21-22(13)26(23,24)15(17,18)19/h1-6,8H. The van der Waals surface area contributed by atoms with E-state index in [9.17, 15) is 26.0 Å². The van der Waals surface area contributed by atoms with Crippen LogP contribution >= 0.6 is 0 Å². The minimum atomic E-state index is -5.72. The molecule has 0 saturated carbocycles. The van der Waals surface area contributed by atoms with E-state index < -0.39 is 21.3 Å². The summed E-state index contributed by atoms with van der Waals surface area (Å²) in [4.78, 5) is 0. The first-order valence-electron chi connectivity index (χ1n) is 6.80. The van der Waals surface area contributed by atoms with Crippen LogP contribution in [0.2, 0.25) is 0 Å². The fourth-order valence-corrected chi connectivity index (χ4v) is 2.98. The van der Waals surface area contributed by atoms with Crippen molar-refractivity contribution in [2.75, 3.05) is 0 Å². The van der Waals surface area contributed by atoms with Gasteiger partial charge in [-0.3, -0.25) is 0 Å². The van der Waals surface area contributed by atoms with Crippen LogP contribution < -0.4 is 4.74 Å². The number of rotatable bonds is 3. The molecule has 2 aromatic carbocycles. The maximum atomic E-state index is 13.5. The first-order chi connectivity index (χ1) is 12.1. The molecule has 6 nitrogen and oxygen atoms in total. The maximum absolute atomic E-state index is 13.5. The Labute approximate surface area is 143 Å². The quantitative estimate of drug-likeness (QED) is 0.644. The molecule has 0 amide bonds. The second kappa shape index (κ2) is 5.99. The van der Waals surface area contributed by atoms with Crippen molar-refractivity contribution in [1.82, 2.24) is 9.19 Å². The molecule has 0 saturated heterocycles. The lowest BCUT2D eigenvalue weighted by Crippen LogP contribution is -2.30. The summed E-state index contributed by atoms with van der Waals surface area (Å²) >= 11 is 0. The minimum Gasteiger partial charge on any atom is -0.456 e. The fourth-order valence-electron chi connectivity index (χ4n) is 2.19. The Balaban J connectivity index is 2.11. The van der Waals surface area contributed by atoms with Gasteiger partial charge in [0.25, 0.3) is 0 Å². The highest BCUT2D eigenvalue weighted by Crippen LogP contribution is 2.33. The van der Waals surface area contributed by atoms with Crippen molar-refractivity contribution in [2.24, 2.45) is 0 Å². The summed E-state index contributed by atoms with van der Waals surface area (Å²) in [5.74, 6) is -0.886. The summed E-state index contributed by atoms with van der Waals surface area (Å²) < 4.78 is 80.1. The van der Waals surface area contributed by atoms with Crippen LogP contribution in [0, 0.1) is 17.1 Å². The van der Waals surface area contributed by atoms with Crippen LogP contribution in [0.1, 0.15) is 5.56 Å². The maximum Gasteiger partial charge on any atom is 0.518 e. The third-order valence-corrected chi connectivity index (χ3v) is 4.62. The van der Waals surface area contributed by atoms with E-state index in [0.717, 1.165) is 24.4 Å². The molecule has 1 aromatic heterocycles. The molecule has 0 radical (unpaired) electrons. The average molecular weight is 385 g/mol. The number of nitriles is 1. The summed E-state index contributed by atoms with van der Waals surface area (Å²) in [6.45, 7) is 0. The van der Waals surface area contributed by atoms with Gasteiger partial charge in [0.2, 0.25) is 0 Å². The van der Waals surface area contributed by atoms with Gasteiger partial charge in [0.15, 0.2) is 0 Å². The molecule has 0 aliphatic rings. The van der Waals surface area contributed by atoms with Crippen LogP contribution in [0.25, 0.3) is 10.9 Å². The van der Waals surface area contributed by atoms with Crippen molar-refractivity contribution in [3.8, 4) is 17.6 Å². The lowest BCUT2D eigenvalue weighted by molar-refractivity contribution is -0.0448. The molecule has 134 valence electrons. The smallest absolute Gasteiger partial charge is 0.456 e. The van der Waals surface area contributed by atoms with Gasteiger partial charge in [-0.25, -0.2) is 4.39 Å². The van der Waals surface area contributed by atoms with Crippen molar-refractivity contribution in [3.63, 3.8) is 0 Å². The van der Waals surface area contributed by atoms with Crippen LogP contribution in [-0.2, 0) is 10.0 Å². The van der Waals surface area contributed by atoms with Crippen molar-refractivity contribution in [1.29, 1.82) is 5.26 Å². The van der Waals surface area contributed by atoms with Crippen molar-refractivity contribution >= 4 is 20.9 Å². The average Bonchev–Trinajstić information content (AvgIpc) is 2.99. The molecule has 0 aliphatic carbocycles. The van der Waals surface area contributed by atoms with E-state index in [1.54, 1.807) is 6.07 Å². The van der Waals surface area contributed by atoms with E-state index in [1.807, 2.05) is 0 Å². The number of hydrogen-bond donors (Lipinski definition) is 0. The monoisotopic (exact) mass is 385 g/mol. The van der Waals surface area contributed by atoms with Crippen molar-refractivity contribution in [2.45, 2.75) is 5.51 Å². The van der Waals surface area contributed by atoms with Gasteiger partial charge in [0, 0.05) is 6.07 Å². The normalized spacial score (nSPS) is 12.1. The van der Waals surface area contributed by atoms with E-state index >= 15 is 0 Å². The van der Waals surface area contributed by atoms with E-state index in [0.29, 0.717) is 0 Å². The number of alkyl halides is 3. The Bertz CT molecular complexity index is 1150. The number of fused-ring (bicyclic) bond motifs is 1. The fraction of sp³-hybridized carbons (Fsp3) is 0.0667. The minimum absolute atomic E-state index is 0.0254. The summed E-state index contributed by atoms with van der Waals surface area (Å²) in [5.41, 5.74) is -5.92. The number of benzene rings is 2. The first-order valence-corrected chi connectivity index (χ1v) is 8.24. The lowest BCUT2D eigenvalue weighted by atomic mass is 10.2. The van der Waals surface area contributed by atoms with Gasteiger partial charge < -0.3 is 4.74 Å². The topological polar surface area (TPSA) is 85.0 Å². The van der Waals surface area contributed by atoms with Gasteiger partial charge in [-0.15, -0.1) is 4.09 Å². The van der Waals surface area contributed by atoms with Crippen molar-refractivity contribution < 1.29 is 30.7 Å². The Hall–Kier alpha value is -3.13. The molecule has 0 fully saturated rings. The van der Waals surface area contributed by atoms with Crippen LogP contribution in [0.4, 0.5) is 17.6 Å². The molecule has 3 aromatic rings. The van der Waals surface area contributed by atoms with E-state index in [4.69, 9.17) is 10.00 Å². The van der Waals surface area contributed by atoms with Gasteiger partial charge >= 0.3 is 15.5 Å². The molecule has 26 heavy (non-hydrogen) atoms. The van der Waals surface area contributed by atoms with Gasteiger partial charge in [-0.1, -0.05) is 6.07 Å². The number of aromatic nitrogens is 2. The van der Waals surface area contributed by atoms with Crippen LogP contribution in [0.3, 0.4) is 0 Å². The zero-order chi connectivity index (χ0) is 19.1. The second-order valence-electron chi connectivity index (χ2n) is 5.02. The van der Waals surface area contributed by atoms with Crippen molar-refractivity contribution in [3.05, 3.63) is 54.0 Å². The van der Waals surface area contributed by atoms with E-state index in [1.165, 1.54) is 18.2 Å². The Morgan fingerprint density at radius 2 is 1.92 bits per heavy atom. The molecule has 1 heterocycles. The molecular formula is C15H7F4N3O3S. The Kier molecular flexibility index (Phi) is 4.08. The summed E-state index contributed by atoms with van der Waals surface area (Å²) in [6, 6.07) is 8.61. The van der Waals surface area contributed by atoms with Crippen LogP contribution in [0.5, 0.6) is 11.5 Å². The van der Waals surface area contributed by atoms with E-state index in [2.05, 4.69) is 5.10 Å². The highest BCUT2D eigenvalue weighted by Gasteiger charge is 2.48. The van der Waals surface area contributed by atoms with E-state index in [-0.39, 0.29) is 32.1 Å². The predicted octanol–water partition coefficient (Wildman–Crippen LogP) is 3.54. The highest BCUT2D eigenvalue weighted by molar-refractivity contribution is 7.90. The molecular weight excluding hydrogens is 378 g/mol. The number of hydrogen-bond acceptors (Lipinski definition) is 5. The van der Waals surface area contributed by atoms with Gasteiger partial charge in [-0.05, 0) is 24.3 Å². The third kappa shape index (κ3) is 2.95. The number of halogens is 4. The second-order valence-corrected chi connectivity index (χ2v) is 6.78. The van der Waals surface area contributed by atoms with Crippen LogP contribution in [-0.4, -0.2) is 23.1 Å². The Morgan fingerprint density at radius 3 is 2.58 bits per heavy atom. The summed E-state index contributed by atoms with van der Waals surface area (Å²) in [7, 11) is -5.72. The molecule has 0 unspecified atom stereocenters. The summed E-state index contributed by atoms with van der Waals surface area (Å²) in [6.07, 6.45) is 0.887. The Morgan fingerprint density at radius 1 is 1.19 bits per heavy atom. The SMILES string of the molecule is N#Cc1cc(F)cc(Oc2cccc3c2cnn3S(=O)(=O)C(F)(F)F)c1. The number of ether oxygens (including phenoxy) is 1. The summed E-state index contributed by atoms with van der Waals surface area (Å²) in [5, 5.41) is 12.1. The molecule has 0 spiro atoms.